The van der Waals surface area contributed by atoms with Crippen molar-refractivity contribution in [1.82, 2.24) is 9.88 Å². The van der Waals surface area contributed by atoms with E-state index in [1.807, 2.05) is 18.7 Å². The molecule has 1 saturated heterocycles. The van der Waals surface area contributed by atoms with Crippen molar-refractivity contribution in [3.8, 4) is 0 Å². The van der Waals surface area contributed by atoms with Crippen molar-refractivity contribution in [3.05, 3.63) is 17.7 Å². The zero-order valence-corrected chi connectivity index (χ0v) is 14.9. The molecule has 0 atom stereocenters. The molecule has 2 aliphatic rings. The fraction of sp³-hybridized carbons (Fsp3) is 0.611. The Kier molecular flexibility index (Phi) is 5.11. The monoisotopic (exact) mass is 346 g/mol. The van der Waals surface area contributed by atoms with Crippen LogP contribution in [0.2, 0.25) is 0 Å². The highest BCUT2D eigenvalue weighted by Gasteiger charge is 2.25. The molecule has 7 heteroatoms. The van der Waals surface area contributed by atoms with Gasteiger partial charge in [-0.25, -0.2) is 9.78 Å². The normalized spacial score (nSPS) is 18.2. The summed E-state index contributed by atoms with van der Waals surface area (Å²) in [7, 11) is 0. The number of pyridine rings is 1. The van der Waals surface area contributed by atoms with E-state index < -0.39 is 5.97 Å². The predicted octanol–water partition coefficient (Wildman–Crippen LogP) is 2.05. The van der Waals surface area contributed by atoms with Gasteiger partial charge in [-0.05, 0) is 31.4 Å². The Bertz CT molecular complexity index is 650. The van der Waals surface area contributed by atoms with E-state index in [4.69, 9.17) is 0 Å². The summed E-state index contributed by atoms with van der Waals surface area (Å²) in [6.07, 6.45) is 3.41. The Morgan fingerprint density at radius 3 is 2.40 bits per heavy atom. The number of rotatable bonds is 5. The number of anilines is 2. The molecule has 1 aliphatic carbocycles. The molecule has 0 spiro atoms. The summed E-state index contributed by atoms with van der Waals surface area (Å²) in [5.41, 5.74) is 0.243. The maximum atomic E-state index is 12.1. The molecule has 3 rings (SSSR count). The van der Waals surface area contributed by atoms with Crippen LogP contribution in [-0.4, -0.2) is 59.1 Å². The van der Waals surface area contributed by atoms with Gasteiger partial charge in [0.25, 0.3) is 0 Å². The van der Waals surface area contributed by atoms with E-state index in [2.05, 4.69) is 15.2 Å². The lowest BCUT2D eigenvalue weighted by molar-refractivity contribution is -0.134. The third-order valence-electron chi connectivity index (χ3n) is 4.93. The highest BCUT2D eigenvalue weighted by atomic mass is 16.4. The van der Waals surface area contributed by atoms with E-state index in [0.717, 1.165) is 12.8 Å². The Hall–Kier alpha value is -2.31. The van der Waals surface area contributed by atoms with Crippen molar-refractivity contribution in [1.29, 1.82) is 0 Å². The lowest BCUT2D eigenvalue weighted by Crippen LogP contribution is -2.50. The second-order valence-corrected chi connectivity index (χ2v) is 7.14. The molecular formula is C18H26N4O3. The maximum Gasteiger partial charge on any atom is 0.335 e. The number of piperazine rings is 1. The van der Waals surface area contributed by atoms with E-state index in [9.17, 15) is 14.7 Å². The minimum absolute atomic E-state index is 0.00158. The number of aromatic nitrogens is 1. The van der Waals surface area contributed by atoms with Gasteiger partial charge in [0.1, 0.15) is 11.6 Å². The highest BCUT2D eigenvalue weighted by molar-refractivity contribution is 5.89. The number of carboxylic acids is 1. The Labute approximate surface area is 148 Å². The maximum absolute atomic E-state index is 12.1. The van der Waals surface area contributed by atoms with Crippen LogP contribution in [0.5, 0.6) is 0 Å². The second-order valence-electron chi connectivity index (χ2n) is 7.14. The van der Waals surface area contributed by atoms with Gasteiger partial charge in [0.15, 0.2) is 0 Å². The molecule has 1 saturated carbocycles. The third-order valence-corrected chi connectivity index (χ3v) is 4.93. The standard InChI is InChI=1S/C18H26N4O3/c1-12(2)17(23)22-8-6-21(7-9-22)16-11-13(18(24)25)10-15(20-16)19-14-4-3-5-14/h10-12,14H,3-9H2,1-2H3,(H,19,20)(H,24,25). The minimum atomic E-state index is -0.950. The zero-order valence-electron chi connectivity index (χ0n) is 14.9. The largest absolute Gasteiger partial charge is 0.478 e. The molecule has 2 heterocycles. The number of nitrogens with zero attached hydrogens (tertiary/aromatic N) is 3. The summed E-state index contributed by atoms with van der Waals surface area (Å²) in [6, 6.07) is 3.61. The van der Waals surface area contributed by atoms with E-state index in [-0.39, 0.29) is 17.4 Å². The third kappa shape index (κ3) is 4.03. The van der Waals surface area contributed by atoms with Crippen LogP contribution >= 0.6 is 0 Å². The van der Waals surface area contributed by atoms with Crippen molar-refractivity contribution in [2.75, 3.05) is 36.4 Å². The van der Waals surface area contributed by atoms with Gasteiger partial charge < -0.3 is 20.2 Å². The number of nitrogens with one attached hydrogen (secondary N) is 1. The van der Waals surface area contributed by atoms with Gasteiger partial charge in [-0.3, -0.25) is 4.79 Å². The number of hydrogen-bond acceptors (Lipinski definition) is 5. The zero-order chi connectivity index (χ0) is 18.0. The first kappa shape index (κ1) is 17.5. The molecular weight excluding hydrogens is 320 g/mol. The molecule has 1 aromatic rings. The van der Waals surface area contributed by atoms with Crippen LogP contribution in [0.1, 0.15) is 43.5 Å². The first-order chi connectivity index (χ1) is 11.9. The van der Waals surface area contributed by atoms with E-state index in [1.165, 1.54) is 6.42 Å². The molecule has 2 fully saturated rings. The fourth-order valence-electron chi connectivity index (χ4n) is 3.16. The average molecular weight is 346 g/mol. The highest BCUT2D eigenvalue weighted by Crippen LogP contribution is 2.25. The van der Waals surface area contributed by atoms with Crippen LogP contribution in [-0.2, 0) is 4.79 Å². The molecule has 0 aromatic carbocycles. The molecule has 1 amide bonds. The summed E-state index contributed by atoms with van der Waals surface area (Å²) in [4.78, 5) is 32.1. The molecule has 1 aromatic heterocycles. The van der Waals surface area contributed by atoms with Crippen LogP contribution in [0.15, 0.2) is 12.1 Å². The van der Waals surface area contributed by atoms with Gasteiger partial charge in [-0.1, -0.05) is 13.8 Å². The summed E-state index contributed by atoms with van der Waals surface area (Å²) < 4.78 is 0. The Morgan fingerprint density at radius 2 is 1.88 bits per heavy atom. The SMILES string of the molecule is CC(C)C(=O)N1CCN(c2cc(C(=O)O)cc(NC3CCC3)n2)CC1. The van der Waals surface area contributed by atoms with Gasteiger partial charge in [0.2, 0.25) is 5.91 Å². The van der Waals surface area contributed by atoms with Crippen molar-refractivity contribution in [3.63, 3.8) is 0 Å². The van der Waals surface area contributed by atoms with Crippen molar-refractivity contribution in [2.24, 2.45) is 5.92 Å². The quantitative estimate of drug-likeness (QED) is 0.849. The van der Waals surface area contributed by atoms with E-state index in [0.29, 0.717) is 43.9 Å². The number of carboxylic acid groups (broad SMARTS) is 1. The smallest absolute Gasteiger partial charge is 0.335 e. The average Bonchev–Trinajstić information content (AvgIpc) is 2.57. The van der Waals surface area contributed by atoms with Gasteiger partial charge in [-0.15, -0.1) is 0 Å². The first-order valence-electron chi connectivity index (χ1n) is 8.99. The second kappa shape index (κ2) is 7.29. The molecule has 0 bridgehead atoms. The lowest BCUT2D eigenvalue weighted by atomic mass is 9.93. The summed E-state index contributed by atoms with van der Waals surface area (Å²) >= 11 is 0. The fourth-order valence-corrected chi connectivity index (χ4v) is 3.16. The lowest BCUT2D eigenvalue weighted by Gasteiger charge is -2.36. The van der Waals surface area contributed by atoms with Crippen molar-refractivity contribution >= 4 is 23.5 Å². The first-order valence-corrected chi connectivity index (χ1v) is 8.99. The topological polar surface area (TPSA) is 85.8 Å². The molecule has 25 heavy (non-hydrogen) atoms. The van der Waals surface area contributed by atoms with Crippen LogP contribution in [0.25, 0.3) is 0 Å². The van der Waals surface area contributed by atoms with Gasteiger partial charge in [0, 0.05) is 38.1 Å². The number of carbonyl (C=O) groups excluding carboxylic acids is 1. The molecule has 0 radical (unpaired) electrons. The predicted molar refractivity (Wildman–Crippen MR) is 96.1 cm³/mol. The number of carbonyl (C=O) groups is 2. The van der Waals surface area contributed by atoms with E-state index >= 15 is 0 Å². The summed E-state index contributed by atoms with van der Waals surface area (Å²) in [6.45, 7) is 6.42. The van der Waals surface area contributed by atoms with Crippen LogP contribution in [0, 0.1) is 5.92 Å². The minimum Gasteiger partial charge on any atom is -0.478 e. The van der Waals surface area contributed by atoms with Gasteiger partial charge >= 0.3 is 5.97 Å². The number of amides is 1. The Morgan fingerprint density at radius 1 is 1.20 bits per heavy atom. The van der Waals surface area contributed by atoms with Gasteiger partial charge in [0.05, 0.1) is 5.56 Å². The summed E-state index contributed by atoms with van der Waals surface area (Å²) in [5.74, 6) is 0.505. The van der Waals surface area contributed by atoms with Gasteiger partial charge in [-0.2, -0.15) is 0 Å². The van der Waals surface area contributed by atoms with Crippen LogP contribution < -0.4 is 10.2 Å². The van der Waals surface area contributed by atoms with Crippen LogP contribution in [0.3, 0.4) is 0 Å². The Balaban J connectivity index is 1.72. The molecule has 2 N–H and O–H groups in total. The number of hydrogen-bond donors (Lipinski definition) is 2. The van der Waals surface area contributed by atoms with E-state index in [1.54, 1.807) is 12.1 Å². The van der Waals surface area contributed by atoms with Crippen molar-refractivity contribution in [2.45, 2.75) is 39.2 Å². The molecule has 0 unspecified atom stereocenters. The van der Waals surface area contributed by atoms with Crippen LogP contribution in [0.4, 0.5) is 11.6 Å². The molecule has 1 aliphatic heterocycles. The molecule has 7 nitrogen and oxygen atoms in total. The molecule has 136 valence electrons. The van der Waals surface area contributed by atoms with Crippen molar-refractivity contribution < 1.29 is 14.7 Å². The summed E-state index contributed by atoms with van der Waals surface area (Å²) in [5, 5.41) is 12.7. The number of aromatic carboxylic acids is 1.